The molecule has 0 bridgehead atoms. The first kappa shape index (κ1) is 12.5. The van der Waals surface area contributed by atoms with E-state index in [1.807, 2.05) is 36.4 Å². The monoisotopic (exact) mass is 242 g/mol. The number of hydrogen-bond donors (Lipinski definition) is 2. The molecule has 4 nitrogen and oxygen atoms in total. The lowest BCUT2D eigenvalue weighted by Crippen LogP contribution is -2.17. The molecule has 0 aliphatic heterocycles. The number of nitrogen functional groups attached to an aromatic ring is 1. The molecule has 0 atom stereocenters. The zero-order valence-corrected chi connectivity index (χ0v) is 10.9. The third-order valence-electron chi connectivity index (χ3n) is 2.67. The number of benzene rings is 1. The highest BCUT2D eigenvalue weighted by molar-refractivity contribution is 5.57. The molecule has 0 saturated heterocycles. The van der Waals surface area contributed by atoms with E-state index < -0.39 is 0 Å². The number of hydrogen-bond acceptors (Lipinski definition) is 4. The third kappa shape index (κ3) is 2.65. The summed E-state index contributed by atoms with van der Waals surface area (Å²) in [5, 5.41) is 0. The van der Waals surface area contributed by atoms with Crippen molar-refractivity contribution in [3.63, 3.8) is 0 Å². The van der Waals surface area contributed by atoms with E-state index in [2.05, 4.69) is 36.2 Å². The molecule has 0 radical (unpaired) electrons. The highest BCUT2D eigenvalue weighted by atomic mass is 15.3. The fourth-order valence-corrected chi connectivity index (χ4v) is 1.62. The van der Waals surface area contributed by atoms with Gasteiger partial charge >= 0.3 is 0 Å². The highest BCUT2D eigenvalue weighted by Gasteiger charge is 2.18. The van der Waals surface area contributed by atoms with Gasteiger partial charge in [-0.2, -0.15) is 0 Å². The first-order chi connectivity index (χ1) is 8.50. The molecule has 0 aliphatic carbocycles. The second-order valence-corrected chi connectivity index (χ2v) is 5.22. The van der Waals surface area contributed by atoms with Crippen LogP contribution in [0, 0.1) is 0 Å². The summed E-state index contributed by atoms with van der Waals surface area (Å²) in [6.45, 7) is 6.35. The van der Waals surface area contributed by atoms with Gasteiger partial charge in [0.1, 0.15) is 5.82 Å². The minimum atomic E-state index is -0.0436. The van der Waals surface area contributed by atoms with Crippen molar-refractivity contribution in [2.75, 3.05) is 5.43 Å². The van der Waals surface area contributed by atoms with Crippen LogP contribution < -0.4 is 11.3 Å². The van der Waals surface area contributed by atoms with Gasteiger partial charge in [0.2, 0.25) is 0 Å². The van der Waals surface area contributed by atoms with Crippen LogP contribution in [0.2, 0.25) is 0 Å². The average Bonchev–Trinajstić information content (AvgIpc) is 2.38. The molecule has 0 amide bonds. The molecule has 94 valence electrons. The number of nitrogens with two attached hydrogens (primary N) is 1. The second-order valence-electron chi connectivity index (χ2n) is 5.22. The lowest BCUT2D eigenvalue weighted by molar-refractivity contribution is 0.568. The van der Waals surface area contributed by atoms with Crippen LogP contribution in [0.25, 0.3) is 11.4 Å². The standard InChI is InChI=1S/C14H18N4/c1-14(2,3)11-9-12(18-15)17-13(16-11)10-7-5-4-6-8-10/h4-9H,15H2,1-3H3,(H,16,17,18). The van der Waals surface area contributed by atoms with E-state index in [-0.39, 0.29) is 5.41 Å². The fourth-order valence-electron chi connectivity index (χ4n) is 1.62. The highest BCUT2D eigenvalue weighted by Crippen LogP contribution is 2.25. The smallest absolute Gasteiger partial charge is 0.161 e. The Labute approximate surface area is 107 Å². The van der Waals surface area contributed by atoms with Crippen molar-refractivity contribution >= 4 is 5.82 Å². The molecule has 0 spiro atoms. The molecule has 2 aromatic rings. The molecule has 0 saturated carbocycles. The van der Waals surface area contributed by atoms with Crippen LogP contribution in [0.4, 0.5) is 5.82 Å². The fraction of sp³-hybridized carbons (Fsp3) is 0.286. The summed E-state index contributed by atoms with van der Waals surface area (Å²) in [6, 6.07) is 11.8. The lowest BCUT2D eigenvalue weighted by Gasteiger charge is -2.19. The molecular weight excluding hydrogens is 224 g/mol. The summed E-state index contributed by atoms with van der Waals surface area (Å²) < 4.78 is 0. The van der Waals surface area contributed by atoms with Crippen molar-refractivity contribution in [2.24, 2.45) is 5.84 Å². The van der Waals surface area contributed by atoms with E-state index >= 15 is 0 Å². The topological polar surface area (TPSA) is 63.8 Å². The minimum absolute atomic E-state index is 0.0436. The minimum Gasteiger partial charge on any atom is -0.308 e. The van der Waals surface area contributed by atoms with Gasteiger partial charge in [-0.1, -0.05) is 51.1 Å². The summed E-state index contributed by atoms with van der Waals surface area (Å²) in [5.41, 5.74) is 4.50. The maximum Gasteiger partial charge on any atom is 0.161 e. The van der Waals surface area contributed by atoms with Crippen LogP contribution in [0.5, 0.6) is 0 Å². The number of nitrogens with one attached hydrogen (secondary N) is 1. The van der Waals surface area contributed by atoms with Crippen LogP contribution in [0.1, 0.15) is 26.5 Å². The zero-order valence-electron chi connectivity index (χ0n) is 10.9. The predicted octanol–water partition coefficient (Wildman–Crippen LogP) is 2.73. The van der Waals surface area contributed by atoms with Gasteiger partial charge in [-0.15, -0.1) is 0 Å². The van der Waals surface area contributed by atoms with Crippen molar-refractivity contribution in [1.29, 1.82) is 0 Å². The Bertz CT molecular complexity index is 529. The van der Waals surface area contributed by atoms with Crippen molar-refractivity contribution in [2.45, 2.75) is 26.2 Å². The Hall–Kier alpha value is -1.94. The number of nitrogens with zero attached hydrogens (tertiary/aromatic N) is 2. The average molecular weight is 242 g/mol. The van der Waals surface area contributed by atoms with E-state index in [9.17, 15) is 0 Å². The summed E-state index contributed by atoms with van der Waals surface area (Å²) >= 11 is 0. The molecular formula is C14H18N4. The van der Waals surface area contributed by atoms with Gasteiger partial charge in [0.15, 0.2) is 5.82 Å². The van der Waals surface area contributed by atoms with E-state index in [1.54, 1.807) is 0 Å². The van der Waals surface area contributed by atoms with Crippen LogP contribution >= 0.6 is 0 Å². The predicted molar refractivity (Wildman–Crippen MR) is 74.0 cm³/mol. The first-order valence-corrected chi connectivity index (χ1v) is 5.92. The van der Waals surface area contributed by atoms with Crippen LogP contribution in [-0.4, -0.2) is 9.97 Å². The molecule has 2 rings (SSSR count). The molecule has 0 fully saturated rings. The second kappa shape index (κ2) is 4.74. The SMILES string of the molecule is CC(C)(C)c1cc(NN)nc(-c2ccccc2)n1. The Morgan fingerprint density at radius 2 is 1.72 bits per heavy atom. The van der Waals surface area contributed by atoms with Crippen LogP contribution in [0.15, 0.2) is 36.4 Å². The number of aromatic nitrogens is 2. The van der Waals surface area contributed by atoms with Crippen molar-refractivity contribution in [3.8, 4) is 11.4 Å². The normalized spacial score (nSPS) is 11.3. The molecule has 0 aliphatic rings. The van der Waals surface area contributed by atoms with Gasteiger partial charge in [-0.25, -0.2) is 15.8 Å². The third-order valence-corrected chi connectivity index (χ3v) is 2.67. The first-order valence-electron chi connectivity index (χ1n) is 5.92. The van der Waals surface area contributed by atoms with E-state index in [0.29, 0.717) is 11.6 Å². The molecule has 1 heterocycles. The Balaban J connectivity index is 2.55. The van der Waals surface area contributed by atoms with E-state index in [1.165, 1.54) is 0 Å². The number of rotatable bonds is 2. The Morgan fingerprint density at radius 3 is 2.28 bits per heavy atom. The number of hydrazine groups is 1. The molecule has 1 aromatic carbocycles. The lowest BCUT2D eigenvalue weighted by atomic mass is 9.92. The van der Waals surface area contributed by atoms with Crippen LogP contribution in [0.3, 0.4) is 0 Å². The van der Waals surface area contributed by atoms with Crippen LogP contribution in [-0.2, 0) is 5.41 Å². The molecule has 18 heavy (non-hydrogen) atoms. The summed E-state index contributed by atoms with van der Waals surface area (Å²) in [7, 11) is 0. The maximum atomic E-state index is 5.47. The zero-order chi connectivity index (χ0) is 13.2. The quantitative estimate of drug-likeness (QED) is 0.628. The van der Waals surface area contributed by atoms with Gasteiger partial charge in [0.05, 0.1) is 5.69 Å². The van der Waals surface area contributed by atoms with Crippen molar-refractivity contribution in [3.05, 3.63) is 42.1 Å². The van der Waals surface area contributed by atoms with Gasteiger partial charge in [-0.3, -0.25) is 0 Å². The largest absolute Gasteiger partial charge is 0.308 e. The van der Waals surface area contributed by atoms with Crippen molar-refractivity contribution < 1.29 is 0 Å². The Morgan fingerprint density at radius 1 is 1.06 bits per heavy atom. The molecule has 0 unspecified atom stereocenters. The summed E-state index contributed by atoms with van der Waals surface area (Å²) in [6.07, 6.45) is 0. The van der Waals surface area contributed by atoms with Gasteiger partial charge in [0.25, 0.3) is 0 Å². The number of anilines is 1. The van der Waals surface area contributed by atoms with E-state index in [0.717, 1.165) is 11.3 Å². The van der Waals surface area contributed by atoms with E-state index in [4.69, 9.17) is 5.84 Å². The molecule has 3 N–H and O–H groups in total. The van der Waals surface area contributed by atoms with Gasteiger partial charge in [-0.05, 0) is 0 Å². The van der Waals surface area contributed by atoms with Gasteiger partial charge < -0.3 is 5.43 Å². The molecule has 1 aromatic heterocycles. The summed E-state index contributed by atoms with van der Waals surface area (Å²) in [5.74, 6) is 6.79. The summed E-state index contributed by atoms with van der Waals surface area (Å²) in [4.78, 5) is 9.00. The van der Waals surface area contributed by atoms with Crippen molar-refractivity contribution in [1.82, 2.24) is 9.97 Å². The Kier molecular flexibility index (Phi) is 3.30. The van der Waals surface area contributed by atoms with Gasteiger partial charge in [0, 0.05) is 17.0 Å². The maximum absolute atomic E-state index is 5.47. The molecule has 4 heteroatoms.